The minimum atomic E-state index is -1.32. The third-order valence-electron chi connectivity index (χ3n) is 4.94. The number of nitrogens with one attached hydrogen (secondary N) is 1. The molecule has 0 fully saturated rings. The van der Waals surface area contributed by atoms with E-state index >= 15 is 0 Å². The van der Waals surface area contributed by atoms with Crippen LogP contribution in [0.5, 0.6) is 5.75 Å². The van der Waals surface area contributed by atoms with Crippen LogP contribution in [-0.2, 0) is 32.3 Å². The first kappa shape index (κ1) is 25.9. The van der Waals surface area contributed by atoms with Gasteiger partial charge in [0, 0.05) is 12.5 Å². The Bertz CT molecular complexity index is 1180. The Morgan fingerprint density at radius 3 is 1.97 bits per heavy atom. The van der Waals surface area contributed by atoms with Crippen molar-refractivity contribution in [3.05, 3.63) is 106 Å². The first-order valence-corrected chi connectivity index (χ1v) is 11.0. The maximum atomic E-state index is 12.8. The van der Waals surface area contributed by atoms with Gasteiger partial charge in [0.05, 0.1) is 4.92 Å². The van der Waals surface area contributed by atoms with Crippen molar-refractivity contribution in [2.75, 3.05) is 0 Å². The zero-order valence-corrected chi connectivity index (χ0v) is 19.2. The summed E-state index contributed by atoms with van der Waals surface area (Å²) in [6.07, 6.45) is -1.31. The fraction of sp³-hybridized carbons (Fsp3) is 0.192. The molecule has 3 aromatic carbocycles. The molecule has 1 atom stereocenters. The van der Waals surface area contributed by atoms with E-state index in [1.165, 1.54) is 24.3 Å². The van der Waals surface area contributed by atoms with Crippen molar-refractivity contribution < 1.29 is 33.5 Å². The van der Waals surface area contributed by atoms with Gasteiger partial charge in [-0.3, -0.25) is 14.9 Å². The number of hydrogen-bond donors (Lipinski definition) is 1. The second-order valence-electron chi connectivity index (χ2n) is 7.59. The van der Waals surface area contributed by atoms with E-state index < -0.39 is 34.7 Å². The van der Waals surface area contributed by atoms with Crippen LogP contribution in [0.1, 0.15) is 24.0 Å². The van der Waals surface area contributed by atoms with Crippen molar-refractivity contribution >= 4 is 23.7 Å². The molecule has 10 heteroatoms. The maximum Gasteiger partial charge on any atom is 0.408 e. The van der Waals surface area contributed by atoms with Gasteiger partial charge < -0.3 is 19.5 Å². The number of nitro benzene ring substituents is 1. The topological polar surface area (TPSA) is 134 Å². The zero-order chi connectivity index (χ0) is 25.8. The monoisotopic (exact) mass is 492 g/mol. The molecule has 0 spiro atoms. The van der Waals surface area contributed by atoms with Crippen LogP contribution < -0.4 is 10.1 Å². The molecule has 0 aliphatic rings. The van der Waals surface area contributed by atoms with Gasteiger partial charge in [0.2, 0.25) is 5.75 Å². The molecule has 1 N–H and O–H groups in total. The van der Waals surface area contributed by atoms with E-state index in [1.54, 1.807) is 36.4 Å². The quantitative estimate of drug-likeness (QED) is 0.181. The van der Waals surface area contributed by atoms with Gasteiger partial charge in [0.1, 0.15) is 19.3 Å². The lowest BCUT2D eigenvalue weighted by Gasteiger charge is -2.17. The third kappa shape index (κ3) is 8.24. The first-order chi connectivity index (χ1) is 17.4. The summed E-state index contributed by atoms with van der Waals surface area (Å²) in [7, 11) is 0. The molecule has 10 nitrogen and oxygen atoms in total. The lowest BCUT2D eigenvalue weighted by molar-refractivity contribution is -0.385. The lowest BCUT2D eigenvalue weighted by Crippen LogP contribution is -2.43. The fourth-order valence-electron chi connectivity index (χ4n) is 3.10. The van der Waals surface area contributed by atoms with Crippen molar-refractivity contribution in [2.24, 2.45) is 0 Å². The molecular formula is C26H24N2O8. The molecule has 0 aliphatic heterocycles. The molecule has 0 unspecified atom stereocenters. The van der Waals surface area contributed by atoms with E-state index in [1.807, 2.05) is 24.3 Å². The second-order valence-corrected chi connectivity index (χ2v) is 7.59. The minimum absolute atomic E-state index is 0.0439. The number of alkyl carbamates (subject to hydrolysis) is 1. The average Bonchev–Trinajstić information content (AvgIpc) is 2.90. The van der Waals surface area contributed by atoms with Crippen LogP contribution in [-0.4, -0.2) is 29.0 Å². The molecule has 0 saturated heterocycles. The summed E-state index contributed by atoms with van der Waals surface area (Å²) >= 11 is 0. The SMILES string of the molecule is O=C(CC[C@H](NC(=O)OCc1ccccc1)C(=O)Oc1ccccc1[N+](=O)[O-])OCc1ccccc1. The van der Waals surface area contributed by atoms with Gasteiger partial charge in [-0.05, 0) is 23.6 Å². The number of carbonyl (C=O) groups excluding carboxylic acids is 3. The summed E-state index contributed by atoms with van der Waals surface area (Å²) in [6, 6.07) is 22.0. The van der Waals surface area contributed by atoms with Crippen LogP contribution in [0.2, 0.25) is 0 Å². The van der Waals surface area contributed by atoms with E-state index in [-0.39, 0.29) is 31.8 Å². The zero-order valence-electron chi connectivity index (χ0n) is 19.2. The van der Waals surface area contributed by atoms with Gasteiger partial charge in [-0.1, -0.05) is 72.8 Å². The van der Waals surface area contributed by atoms with Crippen LogP contribution in [0.4, 0.5) is 10.5 Å². The number of esters is 2. The van der Waals surface area contributed by atoms with Crippen LogP contribution in [0, 0.1) is 10.1 Å². The molecule has 0 radical (unpaired) electrons. The van der Waals surface area contributed by atoms with Crippen molar-refractivity contribution in [1.29, 1.82) is 0 Å². The predicted molar refractivity (Wildman–Crippen MR) is 128 cm³/mol. The van der Waals surface area contributed by atoms with Crippen molar-refractivity contribution in [2.45, 2.75) is 32.1 Å². The number of nitro groups is 1. The van der Waals surface area contributed by atoms with Gasteiger partial charge >= 0.3 is 23.7 Å². The van der Waals surface area contributed by atoms with Crippen molar-refractivity contribution in [1.82, 2.24) is 5.32 Å². The lowest BCUT2D eigenvalue weighted by atomic mass is 10.1. The van der Waals surface area contributed by atoms with E-state index in [2.05, 4.69) is 5.32 Å². The van der Waals surface area contributed by atoms with E-state index in [0.29, 0.717) is 0 Å². The molecule has 186 valence electrons. The van der Waals surface area contributed by atoms with Crippen LogP contribution in [0.15, 0.2) is 84.9 Å². The number of benzene rings is 3. The second kappa shape index (κ2) is 13.2. The van der Waals surface area contributed by atoms with Gasteiger partial charge in [-0.2, -0.15) is 0 Å². The summed E-state index contributed by atoms with van der Waals surface area (Å²) in [5.74, 6) is -1.87. The number of amides is 1. The summed E-state index contributed by atoms with van der Waals surface area (Å²) in [5.41, 5.74) is 1.11. The maximum absolute atomic E-state index is 12.8. The Labute approximate surface area is 206 Å². The van der Waals surface area contributed by atoms with Gasteiger partial charge in [0.15, 0.2) is 0 Å². The normalized spacial score (nSPS) is 11.1. The number of carbonyl (C=O) groups is 3. The molecule has 0 aliphatic carbocycles. The van der Waals surface area contributed by atoms with Crippen LogP contribution >= 0.6 is 0 Å². The number of nitrogens with zero attached hydrogens (tertiary/aromatic N) is 1. The molecule has 0 saturated carbocycles. The Hall–Kier alpha value is -4.73. The summed E-state index contributed by atoms with van der Waals surface area (Å²) in [4.78, 5) is 47.9. The number of hydrogen-bond acceptors (Lipinski definition) is 8. The van der Waals surface area contributed by atoms with Gasteiger partial charge in [-0.15, -0.1) is 0 Å². The molecule has 36 heavy (non-hydrogen) atoms. The van der Waals surface area contributed by atoms with E-state index in [0.717, 1.165) is 11.1 Å². The molecule has 0 bridgehead atoms. The molecule has 3 aromatic rings. The summed E-state index contributed by atoms with van der Waals surface area (Å²) < 4.78 is 15.6. The highest BCUT2D eigenvalue weighted by Crippen LogP contribution is 2.26. The molecule has 1 amide bonds. The standard InChI is InChI=1S/C26H24N2O8/c29-24(34-17-19-9-3-1-4-10-19)16-15-21(27-26(31)35-18-20-11-5-2-6-12-20)25(30)36-23-14-8-7-13-22(23)28(32)33/h1-14,21H,15-18H2,(H,27,31)/t21-/m0/s1. The largest absolute Gasteiger partial charge is 0.461 e. The number of para-hydroxylation sites is 2. The number of ether oxygens (including phenoxy) is 3. The molecule has 3 rings (SSSR count). The highest BCUT2D eigenvalue weighted by Gasteiger charge is 2.27. The Morgan fingerprint density at radius 1 is 0.806 bits per heavy atom. The first-order valence-electron chi connectivity index (χ1n) is 11.0. The Kier molecular flexibility index (Phi) is 9.51. The molecular weight excluding hydrogens is 468 g/mol. The van der Waals surface area contributed by atoms with Gasteiger partial charge in [0.25, 0.3) is 0 Å². The van der Waals surface area contributed by atoms with Crippen molar-refractivity contribution in [3.8, 4) is 5.75 Å². The fourth-order valence-corrected chi connectivity index (χ4v) is 3.10. The summed E-state index contributed by atoms with van der Waals surface area (Å²) in [6.45, 7) is 0.00918. The van der Waals surface area contributed by atoms with E-state index in [4.69, 9.17) is 14.2 Å². The van der Waals surface area contributed by atoms with Crippen molar-refractivity contribution in [3.63, 3.8) is 0 Å². The smallest absolute Gasteiger partial charge is 0.408 e. The molecule has 0 aromatic heterocycles. The molecule has 0 heterocycles. The average molecular weight is 492 g/mol. The highest BCUT2D eigenvalue weighted by molar-refractivity contribution is 5.84. The third-order valence-corrected chi connectivity index (χ3v) is 4.94. The minimum Gasteiger partial charge on any atom is -0.461 e. The predicted octanol–water partition coefficient (Wildman–Crippen LogP) is 4.32. The highest BCUT2D eigenvalue weighted by atomic mass is 16.6. The van der Waals surface area contributed by atoms with E-state index in [9.17, 15) is 24.5 Å². The van der Waals surface area contributed by atoms with Gasteiger partial charge in [-0.25, -0.2) is 9.59 Å². The summed E-state index contributed by atoms with van der Waals surface area (Å²) in [5, 5.41) is 13.6. The number of rotatable bonds is 11. The Balaban J connectivity index is 1.63. The van der Waals surface area contributed by atoms with Crippen LogP contribution in [0.25, 0.3) is 0 Å². The van der Waals surface area contributed by atoms with Crippen LogP contribution in [0.3, 0.4) is 0 Å². The Morgan fingerprint density at radius 2 is 1.36 bits per heavy atom.